The third-order valence-corrected chi connectivity index (χ3v) is 4.74. The van der Waals surface area contributed by atoms with E-state index in [4.69, 9.17) is 0 Å². The minimum atomic E-state index is -3.60. The maximum absolute atomic E-state index is 12.2. The lowest BCUT2D eigenvalue weighted by Gasteiger charge is -2.22. The molecule has 0 fully saturated rings. The third kappa shape index (κ3) is 3.78. The van der Waals surface area contributed by atoms with Gasteiger partial charge in [-0.25, -0.2) is 8.42 Å². The molecule has 0 aliphatic heterocycles. The zero-order valence-corrected chi connectivity index (χ0v) is 12.4. The Balaban J connectivity index is 2.84. The molecule has 1 aromatic rings. The summed E-state index contributed by atoms with van der Waals surface area (Å²) in [5.74, 6) is -0.188. The average Bonchev–Trinajstić information content (AvgIpc) is 2.41. The van der Waals surface area contributed by atoms with Crippen LogP contribution in [0.25, 0.3) is 0 Å². The number of carbonyl (C=O) groups is 1. The number of sulfonamides is 1. The van der Waals surface area contributed by atoms with E-state index in [0.29, 0.717) is 13.1 Å². The van der Waals surface area contributed by atoms with Crippen LogP contribution in [0.5, 0.6) is 0 Å². The Morgan fingerprint density at radius 2 is 1.63 bits per heavy atom. The Bertz CT molecular complexity index is 510. The lowest BCUT2D eigenvalue weighted by atomic mass is 10.4. The van der Waals surface area contributed by atoms with Gasteiger partial charge in [0.25, 0.3) is 0 Å². The monoisotopic (exact) mass is 284 g/mol. The van der Waals surface area contributed by atoms with Gasteiger partial charge in [0.05, 0.1) is 11.4 Å². The van der Waals surface area contributed by atoms with Crippen molar-refractivity contribution in [3.8, 4) is 0 Å². The van der Waals surface area contributed by atoms with E-state index in [9.17, 15) is 13.2 Å². The second-order valence-corrected chi connectivity index (χ2v) is 6.19. The van der Waals surface area contributed by atoms with Crippen LogP contribution < -0.4 is 0 Å². The summed E-state index contributed by atoms with van der Waals surface area (Å²) in [5, 5.41) is 0. The maximum Gasteiger partial charge on any atom is 0.243 e. The zero-order chi connectivity index (χ0) is 14.5. The van der Waals surface area contributed by atoms with Crippen LogP contribution in [0.2, 0.25) is 0 Å². The standard InChI is InChI=1S/C13H20N2O3S/c1-4-15(5-2)13(16)11-14(3)19(17,18)12-9-7-6-8-10-12/h6-10H,4-5,11H2,1-3H3. The summed E-state index contributed by atoms with van der Waals surface area (Å²) in [6.07, 6.45) is 0. The van der Waals surface area contributed by atoms with E-state index in [0.717, 1.165) is 4.31 Å². The molecule has 0 aliphatic rings. The number of hydrogen-bond acceptors (Lipinski definition) is 3. The highest BCUT2D eigenvalue weighted by Gasteiger charge is 2.23. The summed E-state index contributed by atoms with van der Waals surface area (Å²) in [6, 6.07) is 8.11. The molecule has 1 aromatic carbocycles. The lowest BCUT2D eigenvalue weighted by Crippen LogP contribution is -2.40. The van der Waals surface area contributed by atoms with Gasteiger partial charge in [0.2, 0.25) is 15.9 Å². The molecule has 0 unspecified atom stereocenters. The number of rotatable bonds is 6. The first-order valence-electron chi connectivity index (χ1n) is 6.22. The summed E-state index contributed by atoms with van der Waals surface area (Å²) in [7, 11) is -2.18. The van der Waals surface area contributed by atoms with Crippen molar-refractivity contribution in [2.45, 2.75) is 18.7 Å². The summed E-state index contributed by atoms with van der Waals surface area (Å²) >= 11 is 0. The fourth-order valence-corrected chi connectivity index (χ4v) is 2.87. The van der Waals surface area contributed by atoms with Crippen LogP contribution >= 0.6 is 0 Å². The van der Waals surface area contributed by atoms with Gasteiger partial charge in [-0.1, -0.05) is 18.2 Å². The fraction of sp³-hybridized carbons (Fsp3) is 0.462. The third-order valence-electron chi connectivity index (χ3n) is 2.93. The van der Waals surface area contributed by atoms with E-state index >= 15 is 0 Å². The Kier molecular flexibility index (Phi) is 5.50. The van der Waals surface area contributed by atoms with Crippen molar-refractivity contribution in [3.05, 3.63) is 30.3 Å². The Labute approximate surface area is 114 Å². The van der Waals surface area contributed by atoms with Gasteiger partial charge >= 0.3 is 0 Å². The van der Waals surface area contributed by atoms with E-state index in [2.05, 4.69) is 0 Å². The Morgan fingerprint density at radius 3 is 2.11 bits per heavy atom. The van der Waals surface area contributed by atoms with Gasteiger partial charge in [0, 0.05) is 20.1 Å². The van der Waals surface area contributed by atoms with Gasteiger partial charge in [-0.3, -0.25) is 4.79 Å². The van der Waals surface area contributed by atoms with Gasteiger partial charge < -0.3 is 4.90 Å². The molecule has 0 bridgehead atoms. The average molecular weight is 284 g/mol. The highest BCUT2D eigenvalue weighted by atomic mass is 32.2. The van der Waals surface area contributed by atoms with Crippen LogP contribution in [0.1, 0.15) is 13.8 Å². The number of amides is 1. The van der Waals surface area contributed by atoms with Gasteiger partial charge in [-0.2, -0.15) is 4.31 Å². The van der Waals surface area contributed by atoms with Gasteiger partial charge in [-0.15, -0.1) is 0 Å². The molecule has 0 heterocycles. The second-order valence-electron chi connectivity index (χ2n) is 4.14. The van der Waals surface area contributed by atoms with Crippen molar-refractivity contribution >= 4 is 15.9 Å². The molecule has 19 heavy (non-hydrogen) atoms. The molecule has 1 amide bonds. The molecule has 0 saturated carbocycles. The highest BCUT2D eigenvalue weighted by Crippen LogP contribution is 2.13. The second kappa shape index (κ2) is 6.68. The van der Waals surface area contributed by atoms with Crippen LogP contribution in [-0.4, -0.2) is 50.2 Å². The van der Waals surface area contributed by atoms with Crippen LogP contribution in [-0.2, 0) is 14.8 Å². The minimum Gasteiger partial charge on any atom is -0.342 e. The van der Waals surface area contributed by atoms with E-state index < -0.39 is 10.0 Å². The first kappa shape index (κ1) is 15.7. The highest BCUT2D eigenvalue weighted by molar-refractivity contribution is 7.89. The molecule has 106 valence electrons. The number of likely N-dealkylation sites (N-methyl/N-ethyl adjacent to an activating group) is 2. The van der Waals surface area contributed by atoms with Crippen molar-refractivity contribution in [1.82, 2.24) is 9.21 Å². The summed E-state index contributed by atoms with van der Waals surface area (Å²) < 4.78 is 25.5. The fourth-order valence-electron chi connectivity index (χ4n) is 1.72. The first-order chi connectivity index (χ1) is 8.93. The molecule has 5 nitrogen and oxygen atoms in total. The quantitative estimate of drug-likeness (QED) is 0.788. The maximum atomic E-state index is 12.2. The molecule has 1 rings (SSSR count). The van der Waals surface area contributed by atoms with Gasteiger partial charge in [0.1, 0.15) is 0 Å². The van der Waals surface area contributed by atoms with Crippen LogP contribution in [0, 0.1) is 0 Å². The van der Waals surface area contributed by atoms with E-state index in [1.54, 1.807) is 23.1 Å². The van der Waals surface area contributed by atoms with Crippen molar-refractivity contribution in [2.75, 3.05) is 26.7 Å². The van der Waals surface area contributed by atoms with E-state index in [-0.39, 0.29) is 17.3 Å². The zero-order valence-electron chi connectivity index (χ0n) is 11.5. The molecule has 0 aliphatic carbocycles. The smallest absolute Gasteiger partial charge is 0.243 e. The molecular weight excluding hydrogens is 264 g/mol. The van der Waals surface area contributed by atoms with E-state index in [1.807, 2.05) is 13.8 Å². The topological polar surface area (TPSA) is 57.7 Å². The van der Waals surface area contributed by atoms with Crippen LogP contribution in [0.15, 0.2) is 35.2 Å². The van der Waals surface area contributed by atoms with Crippen molar-refractivity contribution < 1.29 is 13.2 Å². The number of benzene rings is 1. The molecule has 6 heteroatoms. The van der Waals surface area contributed by atoms with Gasteiger partial charge in [0.15, 0.2) is 0 Å². The first-order valence-corrected chi connectivity index (χ1v) is 7.66. The predicted octanol–water partition coefficient (Wildman–Crippen LogP) is 1.18. The van der Waals surface area contributed by atoms with Crippen molar-refractivity contribution in [1.29, 1.82) is 0 Å². The molecule has 0 saturated heterocycles. The molecular formula is C13H20N2O3S. The number of hydrogen-bond donors (Lipinski definition) is 0. The number of carbonyl (C=O) groups excluding carboxylic acids is 1. The van der Waals surface area contributed by atoms with Crippen LogP contribution in [0.4, 0.5) is 0 Å². The summed E-state index contributed by atoms with van der Waals surface area (Å²) in [6.45, 7) is 4.75. The summed E-state index contributed by atoms with van der Waals surface area (Å²) in [4.78, 5) is 13.7. The van der Waals surface area contributed by atoms with Crippen LogP contribution in [0.3, 0.4) is 0 Å². The molecule has 0 aromatic heterocycles. The normalized spacial score (nSPS) is 11.6. The minimum absolute atomic E-state index is 0.140. The SMILES string of the molecule is CCN(CC)C(=O)CN(C)S(=O)(=O)c1ccccc1. The lowest BCUT2D eigenvalue weighted by molar-refractivity contribution is -0.130. The largest absolute Gasteiger partial charge is 0.342 e. The van der Waals surface area contributed by atoms with Crippen molar-refractivity contribution in [3.63, 3.8) is 0 Å². The molecule has 0 atom stereocenters. The van der Waals surface area contributed by atoms with Gasteiger partial charge in [-0.05, 0) is 26.0 Å². The molecule has 0 radical (unpaired) electrons. The summed E-state index contributed by atoms with van der Waals surface area (Å²) in [5.41, 5.74) is 0. The Morgan fingerprint density at radius 1 is 1.11 bits per heavy atom. The molecule has 0 spiro atoms. The molecule has 0 N–H and O–H groups in total. The predicted molar refractivity (Wildman–Crippen MR) is 74.2 cm³/mol. The van der Waals surface area contributed by atoms with Crippen molar-refractivity contribution in [2.24, 2.45) is 0 Å². The Hall–Kier alpha value is -1.40. The number of nitrogens with zero attached hydrogens (tertiary/aromatic N) is 2. The van der Waals surface area contributed by atoms with E-state index in [1.165, 1.54) is 19.2 Å².